The van der Waals surface area contributed by atoms with Crippen molar-refractivity contribution in [2.75, 3.05) is 44.0 Å². The van der Waals surface area contributed by atoms with Crippen LogP contribution in [0.5, 0.6) is 0 Å². The first-order valence-corrected chi connectivity index (χ1v) is 7.38. The van der Waals surface area contributed by atoms with E-state index in [9.17, 15) is 9.59 Å². The normalized spacial score (nSPS) is 10.3. The van der Waals surface area contributed by atoms with Gasteiger partial charge in [0.05, 0.1) is 11.5 Å². The number of aryl methyl sites for hydroxylation is 1. The molecule has 0 unspecified atom stereocenters. The average Bonchev–Trinajstić information content (AvgIpc) is 2.81. The minimum atomic E-state index is -0.200. The fourth-order valence-corrected chi connectivity index (χ4v) is 2.10. The van der Waals surface area contributed by atoms with Gasteiger partial charge in [0.15, 0.2) is 5.82 Å². The molecule has 7 nitrogen and oxygen atoms in total. The minimum Gasteiger partial charge on any atom is -0.360 e. The van der Waals surface area contributed by atoms with Crippen LogP contribution in [0.25, 0.3) is 0 Å². The van der Waals surface area contributed by atoms with Gasteiger partial charge in [-0.1, -0.05) is 5.16 Å². The summed E-state index contributed by atoms with van der Waals surface area (Å²) in [7, 11) is 3.58. The number of nitrogens with one attached hydrogen (secondary N) is 2. The number of hydrogen-bond donors (Lipinski definition) is 2. The molecule has 1 aromatic rings. The number of amides is 2. The summed E-state index contributed by atoms with van der Waals surface area (Å²) in [6.07, 6.45) is 0. The van der Waals surface area contributed by atoms with E-state index < -0.39 is 0 Å². The van der Waals surface area contributed by atoms with Crippen LogP contribution in [0.4, 0.5) is 5.82 Å². The number of likely N-dealkylation sites (N-methyl/N-ethyl adjacent to an activating group) is 2. The first-order valence-electron chi connectivity index (χ1n) is 6.22. The maximum Gasteiger partial charge on any atom is 0.235 e. The third-order valence-corrected chi connectivity index (χ3v) is 3.39. The quantitative estimate of drug-likeness (QED) is 0.719. The van der Waals surface area contributed by atoms with Crippen molar-refractivity contribution in [3.05, 3.63) is 11.8 Å². The molecule has 0 radical (unpaired) electrons. The van der Waals surface area contributed by atoms with Crippen molar-refractivity contribution in [2.45, 2.75) is 6.92 Å². The zero-order valence-electron chi connectivity index (χ0n) is 11.9. The van der Waals surface area contributed by atoms with Crippen LogP contribution < -0.4 is 10.6 Å². The van der Waals surface area contributed by atoms with E-state index in [4.69, 9.17) is 4.52 Å². The number of anilines is 1. The summed E-state index contributed by atoms with van der Waals surface area (Å²) < 4.78 is 4.84. The van der Waals surface area contributed by atoms with E-state index in [0.29, 0.717) is 18.1 Å². The standard InChI is InChI=1S/C12H20N4O3S/c1-9-6-10(15-19-9)14-11(17)7-20-8-12(18)16(3)5-4-13-2/h6,13H,4-5,7-8H2,1-3H3,(H,14,15,17). The first-order chi connectivity index (χ1) is 9.52. The van der Waals surface area contributed by atoms with Crippen LogP contribution in [0.15, 0.2) is 10.6 Å². The molecule has 0 aliphatic rings. The summed E-state index contributed by atoms with van der Waals surface area (Å²) in [6, 6.07) is 1.64. The average molecular weight is 300 g/mol. The Bertz CT molecular complexity index is 450. The van der Waals surface area contributed by atoms with E-state index in [1.807, 2.05) is 7.05 Å². The van der Waals surface area contributed by atoms with Crippen molar-refractivity contribution in [1.29, 1.82) is 0 Å². The molecule has 0 aromatic carbocycles. The van der Waals surface area contributed by atoms with Gasteiger partial charge in [-0.25, -0.2) is 0 Å². The lowest BCUT2D eigenvalue weighted by atomic mass is 10.5. The van der Waals surface area contributed by atoms with Crippen molar-refractivity contribution >= 4 is 29.4 Å². The summed E-state index contributed by atoms with van der Waals surface area (Å²) in [5.41, 5.74) is 0. The van der Waals surface area contributed by atoms with E-state index in [-0.39, 0.29) is 23.3 Å². The lowest BCUT2D eigenvalue weighted by Gasteiger charge is -2.16. The number of aromatic nitrogens is 1. The highest BCUT2D eigenvalue weighted by Gasteiger charge is 2.10. The highest BCUT2D eigenvalue weighted by atomic mass is 32.2. The largest absolute Gasteiger partial charge is 0.360 e. The van der Waals surface area contributed by atoms with Gasteiger partial charge in [0.2, 0.25) is 11.8 Å². The molecule has 0 atom stereocenters. The molecule has 0 aliphatic carbocycles. The number of nitrogens with zero attached hydrogens (tertiary/aromatic N) is 2. The SMILES string of the molecule is CNCCN(C)C(=O)CSCC(=O)Nc1cc(C)on1. The van der Waals surface area contributed by atoms with Crippen LogP contribution in [0.3, 0.4) is 0 Å². The van der Waals surface area contributed by atoms with Crippen molar-refractivity contribution in [3.63, 3.8) is 0 Å². The highest BCUT2D eigenvalue weighted by Crippen LogP contribution is 2.08. The second kappa shape index (κ2) is 8.60. The third-order valence-electron chi connectivity index (χ3n) is 2.48. The maximum absolute atomic E-state index is 11.7. The predicted octanol–water partition coefficient (Wildman–Crippen LogP) is 0.333. The molecule has 2 N–H and O–H groups in total. The van der Waals surface area contributed by atoms with Crippen molar-refractivity contribution in [2.24, 2.45) is 0 Å². The fourth-order valence-electron chi connectivity index (χ4n) is 1.35. The number of rotatable bonds is 8. The molecular formula is C12H20N4O3S. The van der Waals surface area contributed by atoms with Gasteiger partial charge < -0.3 is 20.1 Å². The fraction of sp³-hybridized carbons (Fsp3) is 0.583. The Hall–Kier alpha value is -1.54. The Morgan fingerprint density at radius 2 is 2.20 bits per heavy atom. The Balaban J connectivity index is 2.19. The second-order valence-electron chi connectivity index (χ2n) is 4.28. The van der Waals surface area contributed by atoms with Crippen LogP contribution >= 0.6 is 11.8 Å². The summed E-state index contributed by atoms with van der Waals surface area (Å²) in [5.74, 6) is 1.33. The molecule has 0 spiro atoms. The number of hydrogen-bond acceptors (Lipinski definition) is 6. The smallest absolute Gasteiger partial charge is 0.235 e. The highest BCUT2D eigenvalue weighted by molar-refractivity contribution is 8.00. The Morgan fingerprint density at radius 3 is 2.80 bits per heavy atom. The Morgan fingerprint density at radius 1 is 1.45 bits per heavy atom. The van der Waals surface area contributed by atoms with Gasteiger partial charge in [-0.3, -0.25) is 9.59 Å². The summed E-state index contributed by atoms with van der Waals surface area (Å²) in [6.45, 7) is 3.15. The molecule has 1 rings (SSSR count). The van der Waals surface area contributed by atoms with Crippen LogP contribution in [0.1, 0.15) is 5.76 Å². The topological polar surface area (TPSA) is 87.5 Å². The maximum atomic E-state index is 11.7. The summed E-state index contributed by atoms with van der Waals surface area (Å²) >= 11 is 1.28. The van der Waals surface area contributed by atoms with Crippen molar-refractivity contribution in [3.8, 4) is 0 Å². The Kier molecular flexibility index (Phi) is 7.10. The van der Waals surface area contributed by atoms with E-state index in [0.717, 1.165) is 6.54 Å². The summed E-state index contributed by atoms with van der Waals surface area (Å²) in [5, 5.41) is 9.24. The zero-order valence-corrected chi connectivity index (χ0v) is 12.7. The molecule has 2 amide bonds. The van der Waals surface area contributed by atoms with Gasteiger partial charge in [-0.15, -0.1) is 11.8 Å². The molecule has 0 fully saturated rings. The van der Waals surface area contributed by atoms with Crippen LogP contribution in [-0.2, 0) is 9.59 Å². The van der Waals surface area contributed by atoms with Gasteiger partial charge in [0, 0.05) is 26.2 Å². The molecule has 0 saturated heterocycles. The van der Waals surface area contributed by atoms with Gasteiger partial charge in [-0.05, 0) is 14.0 Å². The molecule has 1 aromatic heterocycles. The van der Waals surface area contributed by atoms with Crippen LogP contribution in [-0.4, -0.2) is 60.6 Å². The molecule has 20 heavy (non-hydrogen) atoms. The van der Waals surface area contributed by atoms with Gasteiger partial charge in [0.25, 0.3) is 0 Å². The first kappa shape index (κ1) is 16.5. The molecule has 0 aliphatic heterocycles. The zero-order chi connectivity index (χ0) is 15.0. The number of thioether (sulfide) groups is 1. The lowest BCUT2D eigenvalue weighted by Crippen LogP contribution is -2.34. The molecule has 0 bridgehead atoms. The van der Waals surface area contributed by atoms with Crippen molar-refractivity contribution in [1.82, 2.24) is 15.4 Å². The molecule has 1 heterocycles. The lowest BCUT2D eigenvalue weighted by molar-refractivity contribution is -0.127. The molecule has 8 heteroatoms. The number of carbonyl (C=O) groups excluding carboxylic acids is 2. The van der Waals surface area contributed by atoms with E-state index in [1.165, 1.54) is 11.8 Å². The van der Waals surface area contributed by atoms with Crippen molar-refractivity contribution < 1.29 is 14.1 Å². The summed E-state index contributed by atoms with van der Waals surface area (Å²) in [4.78, 5) is 24.9. The molecular weight excluding hydrogens is 280 g/mol. The second-order valence-corrected chi connectivity index (χ2v) is 5.27. The minimum absolute atomic E-state index is 0.00957. The van der Waals surface area contributed by atoms with Gasteiger partial charge >= 0.3 is 0 Å². The van der Waals surface area contributed by atoms with E-state index in [1.54, 1.807) is 24.9 Å². The van der Waals surface area contributed by atoms with Crippen LogP contribution in [0.2, 0.25) is 0 Å². The van der Waals surface area contributed by atoms with Crippen LogP contribution in [0, 0.1) is 6.92 Å². The Labute approximate surface area is 122 Å². The predicted molar refractivity (Wildman–Crippen MR) is 78.8 cm³/mol. The molecule has 0 saturated carbocycles. The van der Waals surface area contributed by atoms with Gasteiger partial charge in [-0.2, -0.15) is 0 Å². The molecule has 112 valence electrons. The van der Waals surface area contributed by atoms with E-state index >= 15 is 0 Å². The monoisotopic (exact) mass is 300 g/mol. The third kappa shape index (κ3) is 6.07. The van der Waals surface area contributed by atoms with Gasteiger partial charge in [0.1, 0.15) is 5.76 Å². The van der Waals surface area contributed by atoms with E-state index in [2.05, 4.69) is 15.8 Å². The number of carbonyl (C=O) groups is 2.